The fourth-order valence-corrected chi connectivity index (χ4v) is 3.42. The average Bonchev–Trinajstić information content (AvgIpc) is 2.68. The lowest BCUT2D eigenvalue weighted by molar-refractivity contribution is -0.133. The van der Waals surface area contributed by atoms with Crippen molar-refractivity contribution >= 4 is 11.8 Å². The Balaban J connectivity index is 1.56. The quantitative estimate of drug-likeness (QED) is 0.829. The summed E-state index contributed by atoms with van der Waals surface area (Å²) in [5.41, 5.74) is 1.38. The molecule has 142 valence electrons. The average molecular weight is 368 g/mol. The van der Waals surface area contributed by atoms with Crippen molar-refractivity contribution in [3.05, 3.63) is 71.5 Å². The number of rotatable bonds is 4. The molecule has 3 rings (SSSR count). The fraction of sp³-hybridized carbons (Fsp3) is 0.364. The van der Waals surface area contributed by atoms with E-state index >= 15 is 0 Å². The van der Waals surface area contributed by atoms with E-state index in [4.69, 9.17) is 0 Å². The van der Waals surface area contributed by atoms with E-state index in [-0.39, 0.29) is 23.0 Å². The standard InChI is InChI=1S/C22H25FN2O2/c1-22(2,18-6-4-3-5-7-18)16-20(26)24-12-14-25(15-13-24)21(27)17-8-10-19(23)11-9-17/h3-11H,12-16H2,1-2H3. The lowest BCUT2D eigenvalue weighted by Crippen LogP contribution is -2.51. The Morgan fingerprint density at radius 1 is 0.889 bits per heavy atom. The number of nitrogens with zero attached hydrogens (tertiary/aromatic N) is 2. The third-order valence-corrected chi connectivity index (χ3v) is 5.16. The summed E-state index contributed by atoms with van der Waals surface area (Å²) in [6, 6.07) is 15.6. The third-order valence-electron chi connectivity index (χ3n) is 5.16. The molecule has 5 heteroatoms. The minimum atomic E-state index is -0.358. The van der Waals surface area contributed by atoms with Crippen LogP contribution in [0.5, 0.6) is 0 Å². The van der Waals surface area contributed by atoms with E-state index in [0.717, 1.165) is 5.56 Å². The molecule has 2 aromatic rings. The largest absolute Gasteiger partial charge is 0.339 e. The Hall–Kier alpha value is -2.69. The van der Waals surface area contributed by atoms with Crippen molar-refractivity contribution in [3.63, 3.8) is 0 Å². The van der Waals surface area contributed by atoms with Gasteiger partial charge in [0.1, 0.15) is 5.82 Å². The topological polar surface area (TPSA) is 40.6 Å². The molecular weight excluding hydrogens is 343 g/mol. The Labute approximate surface area is 159 Å². The zero-order valence-corrected chi connectivity index (χ0v) is 15.8. The first-order valence-corrected chi connectivity index (χ1v) is 9.25. The van der Waals surface area contributed by atoms with Crippen molar-refractivity contribution in [2.24, 2.45) is 0 Å². The lowest BCUT2D eigenvalue weighted by atomic mass is 9.81. The summed E-state index contributed by atoms with van der Waals surface area (Å²) >= 11 is 0. The van der Waals surface area contributed by atoms with Gasteiger partial charge in [-0.2, -0.15) is 0 Å². The monoisotopic (exact) mass is 368 g/mol. The second-order valence-corrected chi connectivity index (χ2v) is 7.61. The van der Waals surface area contributed by atoms with Gasteiger partial charge in [-0.05, 0) is 35.2 Å². The van der Waals surface area contributed by atoms with Gasteiger partial charge >= 0.3 is 0 Å². The van der Waals surface area contributed by atoms with Gasteiger partial charge in [0.15, 0.2) is 0 Å². The normalized spacial score (nSPS) is 14.9. The highest BCUT2D eigenvalue weighted by atomic mass is 19.1. The smallest absolute Gasteiger partial charge is 0.253 e. The molecule has 0 aliphatic carbocycles. The Kier molecular flexibility index (Phi) is 5.59. The second kappa shape index (κ2) is 7.91. The van der Waals surface area contributed by atoms with Gasteiger partial charge in [-0.25, -0.2) is 4.39 Å². The number of carbonyl (C=O) groups excluding carboxylic acids is 2. The van der Waals surface area contributed by atoms with Crippen LogP contribution in [0.4, 0.5) is 4.39 Å². The van der Waals surface area contributed by atoms with Gasteiger partial charge in [0, 0.05) is 38.2 Å². The fourth-order valence-electron chi connectivity index (χ4n) is 3.42. The van der Waals surface area contributed by atoms with E-state index in [2.05, 4.69) is 13.8 Å². The predicted octanol–water partition coefficient (Wildman–Crippen LogP) is 3.48. The summed E-state index contributed by atoms with van der Waals surface area (Å²) in [7, 11) is 0. The van der Waals surface area contributed by atoms with Gasteiger partial charge in [0.2, 0.25) is 5.91 Å². The molecule has 1 aliphatic rings. The number of piperazine rings is 1. The van der Waals surface area contributed by atoms with Gasteiger partial charge in [-0.3, -0.25) is 9.59 Å². The number of benzene rings is 2. The summed E-state index contributed by atoms with van der Waals surface area (Å²) in [5, 5.41) is 0. The first kappa shape index (κ1) is 19.1. The molecule has 2 aromatic carbocycles. The molecular formula is C22H25FN2O2. The van der Waals surface area contributed by atoms with Crippen LogP contribution in [0.1, 0.15) is 36.2 Å². The van der Waals surface area contributed by atoms with Crippen LogP contribution < -0.4 is 0 Å². The van der Waals surface area contributed by atoms with Crippen molar-refractivity contribution < 1.29 is 14.0 Å². The molecule has 0 radical (unpaired) electrons. The summed E-state index contributed by atoms with van der Waals surface area (Å²) in [5.74, 6) is -0.368. The van der Waals surface area contributed by atoms with E-state index in [1.165, 1.54) is 24.3 Å². The summed E-state index contributed by atoms with van der Waals surface area (Å²) in [4.78, 5) is 28.8. The molecule has 0 N–H and O–H groups in total. The molecule has 27 heavy (non-hydrogen) atoms. The number of halogens is 1. The molecule has 0 atom stereocenters. The molecule has 2 amide bonds. The Morgan fingerprint density at radius 3 is 2.04 bits per heavy atom. The molecule has 1 fully saturated rings. The molecule has 1 saturated heterocycles. The highest BCUT2D eigenvalue weighted by Gasteiger charge is 2.30. The highest BCUT2D eigenvalue weighted by Crippen LogP contribution is 2.27. The van der Waals surface area contributed by atoms with Crippen molar-refractivity contribution in [1.29, 1.82) is 0 Å². The van der Waals surface area contributed by atoms with Crippen LogP contribution in [0.15, 0.2) is 54.6 Å². The Bertz CT molecular complexity index is 795. The molecule has 0 spiro atoms. The van der Waals surface area contributed by atoms with Crippen LogP contribution in [0, 0.1) is 5.82 Å². The maximum atomic E-state index is 13.0. The predicted molar refractivity (Wildman–Crippen MR) is 103 cm³/mol. The van der Waals surface area contributed by atoms with Gasteiger partial charge < -0.3 is 9.80 Å². The van der Waals surface area contributed by atoms with Crippen LogP contribution in [0.25, 0.3) is 0 Å². The molecule has 1 aliphatic heterocycles. The van der Waals surface area contributed by atoms with Crippen LogP contribution in [-0.2, 0) is 10.2 Å². The molecule has 0 bridgehead atoms. The van der Waals surface area contributed by atoms with Crippen molar-refractivity contribution in [2.75, 3.05) is 26.2 Å². The first-order valence-electron chi connectivity index (χ1n) is 9.25. The van der Waals surface area contributed by atoms with Gasteiger partial charge in [-0.15, -0.1) is 0 Å². The highest BCUT2D eigenvalue weighted by molar-refractivity contribution is 5.94. The van der Waals surface area contributed by atoms with E-state index < -0.39 is 0 Å². The van der Waals surface area contributed by atoms with Crippen LogP contribution in [-0.4, -0.2) is 47.8 Å². The zero-order valence-electron chi connectivity index (χ0n) is 15.8. The number of amides is 2. The summed E-state index contributed by atoms with van der Waals surface area (Å²) < 4.78 is 13.0. The maximum Gasteiger partial charge on any atom is 0.253 e. The summed E-state index contributed by atoms with van der Waals surface area (Å²) in [6.45, 7) is 6.19. The minimum Gasteiger partial charge on any atom is -0.339 e. The van der Waals surface area contributed by atoms with E-state index in [9.17, 15) is 14.0 Å². The van der Waals surface area contributed by atoms with Crippen molar-refractivity contribution in [2.45, 2.75) is 25.7 Å². The van der Waals surface area contributed by atoms with Gasteiger partial charge in [0.05, 0.1) is 0 Å². The number of carbonyl (C=O) groups is 2. The molecule has 0 unspecified atom stereocenters. The van der Waals surface area contributed by atoms with Gasteiger partial charge in [-0.1, -0.05) is 44.2 Å². The first-order chi connectivity index (χ1) is 12.9. The van der Waals surface area contributed by atoms with Crippen LogP contribution >= 0.6 is 0 Å². The van der Waals surface area contributed by atoms with Crippen molar-refractivity contribution in [3.8, 4) is 0 Å². The SMILES string of the molecule is CC(C)(CC(=O)N1CCN(C(=O)c2ccc(F)cc2)CC1)c1ccccc1. The van der Waals surface area contributed by atoms with E-state index in [1.54, 1.807) is 4.90 Å². The lowest BCUT2D eigenvalue weighted by Gasteiger charge is -2.36. The molecule has 0 aromatic heterocycles. The number of hydrogen-bond acceptors (Lipinski definition) is 2. The maximum absolute atomic E-state index is 13.0. The molecule has 4 nitrogen and oxygen atoms in total. The van der Waals surface area contributed by atoms with Crippen molar-refractivity contribution in [1.82, 2.24) is 9.80 Å². The molecule has 1 heterocycles. The molecule has 0 saturated carbocycles. The second-order valence-electron chi connectivity index (χ2n) is 7.61. The van der Waals surface area contributed by atoms with Crippen LogP contribution in [0.2, 0.25) is 0 Å². The van der Waals surface area contributed by atoms with Crippen LogP contribution in [0.3, 0.4) is 0 Å². The summed E-state index contributed by atoms with van der Waals surface area (Å²) in [6.07, 6.45) is 0.433. The zero-order chi connectivity index (χ0) is 19.4. The van der Waals surface area contributed by atoms with E-state index in [0.29, 0.717) is 38.2 Å². The number of hydrogen-bond donors (Lipinski definition) is 0. The van der Waals surface area contributed by atoms with E-state index in [1.807, 2.05) is 35.2 Å². The minimum absolute atomic E-state index is 0.109. The third kappa shape index (κ3) is 4.54. The Morgan fingerprint density at radius 2 is 1.44 bits per heavy atom. The van der Waals surface area contributed by atoms with Gasteiger partial charge in [0.25, 0.3) is 5.91 Å².